The van der Waals surface area contributed by atoms with Crippen LogP contribution in [0.15, 0.2) is 24.3 Å². The molecule has 1 aliphatic rings. The summed E-state index contributed by atoms with van der Waals surface area (Å²) in [4.78, 5) is 28.2. The van der Waals surface area contributed by atoms with Crippen LogP contribution in [0.2, 0.25) is 0 Å². The fourth-order valence-electron chi connectivity index (χ4n) is 3.48. The maximum atomic E-state index is 12.4. The van der Waals surface area contributed by atoms with Crippen molar-refractivity contribution in [1.29, 1.82) is 0 Å². The number of hydrogen-bond donors (Lipinski definition) is 1. The van der Waals surface area contributed by atoms with Gasteiger partial charge in [-0.15, -0.1) is 0 Å². The third-order valence-electron chi connectivity index (χ3n) is 5.12. The highest BCUT2D eigenvalue weighted by atomic mass is 16.2. The van der Waals surface area contributed by atoms with E-state index < -0.39 is 0 Å². The van der Waals surface area contributed by atoms with E-state index in [1.807, 2.05) is 45.2 Å². The first-order valence-corrected chi connectivity index (χ1v) is 9.09. The van der Waals surface area contributed by atoms with Gasteiger partial charge in [0.25, 0.3) is 5.91 Å². The molecule has 0 fully saturated rings. The van der Waals surface area contributed by atoms with Gasteiger partial charge in [0.2, 0.25) is 5.91 Å². The molecule has 2 aromatic rings. The number of hydrogen-bond acceptors (Lipinski definition) is 3. The van der Waals surface area contributed by atoms with Gasteiger partial charge in [-0.1, -0.05) is 18.2 Å². The lowest BCUT2D eigenvalue weighted by molar-refractivity contribution is -0.130. The molecule has 0 bridgehead atoms. The van der Waals surface area contributed by atoms with Crippen molar-refractivity contribution in [3.63, 3.8) is 0 Å². The van der Waals surface area contributed by atoms with Crippen LogP contribution in [0.3, 0.4) is 0 Å². The zero-order valence-electron chi connectivity index (χ0n) is 15.7. The predicted octanol–water partition coefficient (Wildman–Crippen LogP) is 2.46. The van der Waals surface area contributed by atoms with Crippen molar-refractivity contribution in [3.8, 4) is 0 Å². The SMILES string of the molecule is Cc1n[nH]c(C)c1CCCN(C)C(=O)CCN1Cc2ccccc2C1=O. The molecule has 6 heteroatoms. The van der Waals surface area contributed by atoms with E-state index in [0.29, 0.717) is 26.1 Å². The van der Waals surface area contributed by atoms with Crippen LogP contribution in [0.25, 0.3) is 0 Å². The molecule has 3 rings (SSSR count). The van der Waals surface area contributed by atoms with Gasteiger partial charge in [0, 0.05) is 44.4 Å². The number of amides is 2. The molecule has 1 aromatic heterocycles. The van der Waals surface area contributed by atoms with Gasteiger partial charge in [-0.3, -0.25) is 14.7 Å². The minimum Gasteiger partial charge on any atom is -0.346 e. The molecule has 0 atom stereocenters. The second kappa shape index (κ2) is 7.72. The first kappa shape index (κ1) is 18.2. The summed E-state index contributed by atoms with van der Waals surface area (Å²) in [7, 11) is 1.83. The number of aromatic nitrogens is 2. The van der Waals surface area contributed by atoms with Crippen LogP contribution in [0.1, 0.15) is 45.7 Å². The van der Waals surface area contributed by atoms with E-state index in [1.54, 1.807) is 9.80 Å². The van der Waals surface area contributed by atoms with Crippen molar-refractivity contribution in [3.05, 3.63) is 52.3 Å². The number of benzene rings is 1. The molecule has 1 aliphatic heterocycles. The molecule has 2 heterocycles. The fourth-order valence-corrected chi connectivity index (χ4v) is 3.48. The van der Waals surface area contributed by atoms with Crippen LogP contribution in [-0.2, 0) is 17.8 Å². The zero-order valence-corrected chi connectivity index (χ0v) is 15.7. The van der Waals surface area contributed by atoms with Crippen LogP contribution < -0.4 is 0 Å². The number of aromatic amines is 1. The van der Waals surface area contributed by atoms with Crippen LogP contribution in [0.5, 0.6) is 0 Å². The van der Waals surface area contributed by atoms with E-state index in [2.05, 4.69) is 10.2 Å². The Kier molecular flexibility index (Phi) is 5.40. The third kappa shape index (κ3) is 3.79. The minimum atomic E-state index is 0.0296. The molecule has 1 aromatic carbocycles. The van der Waals surface area contributed by atoms with Crippen molar-refractivity contribution in [2.75, 3.05) is 20.1 Å². The molecular weight excluding hydrogens is 328 g/mol. The van der Waals surface area contributed by atoms with Crippen LogP contribution in [0.4, 0.5) is 0 Å². The number of carbonyl (C=O) groups excluding carboxylic acids is 2. The summed E-state index contributed by atoms with van der Waals surface area (Å²) in [5, 5.41) is 7.20. The minimum absolute atomic E-state index is 0.0296. The lowest BCUT2D eigenvalue weighted by atomic mass is 10.1. The Morgan fingerprint density at radius 1 is 1.31 bits per heavy atom. The first-order chi connectivity index (χ1) is 12.5. The number of H-pyrrole nitrogens is 1. The monoisotopic (exact) mass is 354 g/mol. The third-order valence-corrected chi connectivity index (χ3v) is 5.12. The molecule has 2 amide bonds. The number of rotatable bonds is 7. The number of fused-ring (bicyclic) bond motifs is 1. The Hall–Kier alpha value is -2.63. The normalized spacial score (nSPS) is 13.2. The second-order valence-corrected chi connectivity index (χ2v) is 6.97. The number of carbonyl (C=O) groups is 2. The second-order valence-electron chi connectivity index (χ2n) is 6.97. The van der Waals surface area contributed by atoms with Gasteiger partial charge < -0.3 is 9.80 Å². The largest absolute Gasteiger partial charge is 0.346 e. The van der Waals surface area contributed by atoms with Crippen molar-refractivity contribution < 1.29 is 9.59 Å². The Bertz CT molecular complexity index is 792. The van der Waals surface area contributed by atoms with Gasteiger partial charge in [0.1, 0.15) is 0 Å². The summed E-state index contributed by atoms with van der Waals surface area (Å²) in [5.74, 6) is 0.108. The molecule has 0 saturated heterocycles. The topological polar surface area (TPSA) is 69.3 Å². The summed E-state index contributed by atoms with van der Waals surface area (Å²) in [5.41, 5.74) is 5.18. The highest BCUT2D eigenvalue weighted by Gasteiger charge is 2.27. The first-order valence-electron chi connectivity index (χ1n) is 9.09. The van der Waals surface area contributed by atoms with Gasteiger partial charge in [-0.25, -0.2) is 0 Å². The van der Waals surface area contributed by atoms with Gasteiger partial charge in [-0.05, 0) is 43.9 Å². The predicted molar refractivity (Wildman–Crippen MR) is 99.8 cm³/mol. The Morgan fingerprint density at radius 2 is 2.08 bits per heavy atom. The van der Waals surface area contributed by atoms with E-state index in [9.17, 15) is 9.59 Å². The van der Waals surface area contributed by atoms with E-state index in [1.165, 1.54) is 5.56 Å². The van der Waals surface area contributed by atoms with Crippen molar-refractivity contribution in [1.82, 2.24) is 20.0 Å². The highest BCUT2D eigenvalue weighted by Crippen LogP contribution is 2.22. The highest BCUT2D eigenvalue weighted by molar-refractivity contribution is 5.98. The van der Waals surface area contributed by atoms with Crippen molar-refractivity contribution in [2.24, 2.45) is 0 Å². The van der Waals surface area contributed by atoms with Crippen LogP contribution >= 0.6 is 0 Å². The van der Waals surface area contributed by atoms with E-state index >= 15 is 0 Å². The molecule has 0 spiro atoms. The molecule has 0 radical (unpaired) electrons. The molecule has 0 unspecified atom stereocenters. The number of aryl methyl sites for hydroxylation is 2. The molecule has 6 nitrogen and oxygen atoms in total. The van der Waals surface area contributed by atoms with E-state index in [-0.39, 0.29) is 11.8 Å². The average molecular weight is 354 g/mol. The molecule has 26 heavy (non-hydrogen) atoms. The zero-order chi connectivity index (χ0) is 18.7. The van der Waals surface area contributed by atoms with E-state index in [4.69, 9.17) is 0 Å². The van der Waals surface area contributed by atoms with Crippen molar-refractivity contribution in [2.45, 2.75) is 39.7 Å². The maximum Gasteiger partial charge on any atom is 0.254 e. The quantitative estimate of drug-likeness (QED) is 0.830. The van der Waals surface area contributed by atoms with Gasteiger partial charge in [0.15, 0.2) is 0 Å². The summed E-state index contributed by atoms with van der Waals surface area (Å²) < 4.78 is 0. The molecule has 0 aliphatic carbocycles. The summed E-state index contributed by atoms with van der Waals surface area (Å²) in [6, 6.07) is 7.65. The molecular formula is C20H26N4O2. The smallest absolute Gasteiger partial charge is 0.254 e. The fraction of sp³-hybridized carbons (Fsp3) is 0.450. The average Bonchev–Trinajstić information content (AvgIpc) is 3.13. The van der Waals surface area contributed by atoms with Crippen molar-refractivity contribution >= 4 is 11.8 Å². The lowest BCUT2D eigenvalue weighted by Gasteiger charge is -2.20. The van der Waals surface area contributed by atoms with Gasteiger partial charge >= 0.3 is 0 Å². The standard InChI is InChI=1S/C20H26N4O2/c1-14-17(15(2)22-21-14)9-6-11-23(3)19(25)10-12-24-13-16-7-4-5-8-18(16)20(24)26/h4-5,7-8H,6,9-13H2,1-3H3,(H,21,22). The molecule has 138 valence electrons. The number of nitrogens with one attached hydrogen (secondary N) is 1. The van der Waals surface area contributed by atoms with Crippen LogP contribution in [0, 0.1) is 13.8 Å². The van der Waals surface area contributed by atoms with Gasteiger partial charge in [0.05, 0.1) is 5.69 Å². The van der Waals surface area contributed by atoms with Gasteiger partial charge in [-0.2, -0.15) is 5.10 Å². The molecule has 0 saturated carbocycles. The number of nitrogens with zero attached hydrogens (tertiary/aromatic N) is 3. The summed E-state index contributed by atoms with van der Waals surface area (Å²) in [6.07, 6.45) is 2.17. The Balaban J connectivity index is 1.43. The van der Waals surface area contributed by atoms with E-state index in [0.717, 1.165) is 35.4 Å². The maximum absolute atomic E-state index is 12.4. The summed E-state index contributed by atoms with van der Waals surface area (Å²) in [6.45, 7) is 5.80. The van der Waals surface area contributed by atoms with Crippen LogP contribution in [-0.4, -0.2) is 51.9 Å². The summed E-state index contributed by atoms with van der Waals surface area (Å²) >= 11 is 0. The lowest BCUT2D eigenvalue weighted by Crippen LogP contribution is -2.33. The Labute approximate surface area is 154 Å². The molecule has 1 N–H and O–H groups in total. The Morgan fingerprint density at radius 3 is 2.77 bits per heavy atom.